The predicted octanol–water partition coefficient (Wildman–Crippen LogP) is 3.37. The number of fused-ring (bicyclic) bond motifs is 1. The molecule has 2 aromatic carbocycles. The first-order valence-electron chi connectivity index (χ1n) is 10.2. The maximum atomic E-state index is 13.1. The van der Waals surface area contributed by atoms with Crippen molar-refractivity contribution < 1.29 is 14.3 Å². The fourth-order valence-corrected chi connectivity index (χ4v) is 4.03. The fourth-order valence-electron chi connectivity index (χ4n) is 4.03. The third-order valence-corrected chi connectivity index (χ3v) is 5.59. The molecule has 0 aliphatic carbocycles. The van der Waals surface area contributed by atoms with Gasteiger partial charge >= 0.3 is 5.97 Å². The van der Waals surface area contributed by atoms with Gasteiger partial charge in [0.25, 0.3) is 11.5 Å². The molecule has 154 valence electrons. The fraction of sp³-hybridized carbons (Fsp3) is 0.292. The molecule has 0 radical (unpaired) electrons. The number of benzene rings is 2. The van der Waals surface area contributed by atoms with Gasteiger partial charge in [0, 0.05) is 31.1 Å². The summed E-state index contributed by atoms with van der Waals surface area (Å²) in [5.74, 6) is -0.875. The van der Waals surface area contributed by atoms with Gasteiger partial charge in [0.15, 0.2) is 6.61 Å². The second kappa shape index (κ2) is 8.53. The highest BCUT2D eigenvalue weighted by atomic mass is 16.5. The summed E-state index contributed by atoms with van der Waals surface area (Å²) in [5.41, 5.74) is 1.30. The van der Waals surface area contributed by atoms with Crippen molar-refractivity contribution in [2.45, 2.75) is 19.3 Å². The number of esters is 1. The van der Waals surface area contributed by atoms with Gasteiger partial charge in [0.05, 0.1) is 0 Å². The summed E-state index contributed by atoms with van der Waals surface area (Å²) in [4.78, 5) is 40.2. The van der Waals surface area contributed by atoms with E-state index in [-0.39, 0.29) is 23.8 Å². The number of ether oxygens (including phenoxy) is 1. The molecule has 1 aromatic heterocycles. The highest BCUT2D eigenvalue weighted by Crippen LogP contribution is 2.30. The zero-order valence-corrected chi connectivity index (χ0v) is 17.0. The molecular weight excluding hydrogens is 380 g/mol. The van der Waals surface area contributed by atoms with E-state index in [2.05, 4.69) is 0 Å². The van der Waals surface area contributed by atoms with Gasteiger partial charge in [-0.15, -0.1) is 0 Å². The lowest BCUT2D eigenvalue weighted by Gasteiger charge is -2.26. The number of piperidine rings is 1. The molecule has 30 heavy (non-hydrogen) atoms. The van der Waals surface area contributed by atoms with Crippen LogP contribution in [0.15, 0.2) is 59.4 Å². The third-order valence-electron chi connectivity index (χ3n) is 5.59. The van der Waals surface area contributed by atoms with Gasteiger partial charge < -0.3 is 14.2 Å². The van der Waals surface area contributed by atoms with E-state index in [0.717, 1.165) is 24.8 Å². The standard InChI is InChI=1S/C24H24N2O4/c1-25-22(24(29)30-16-20(27)26-14-8-3-9-15-26)21(17-10-4-2-5-11-17)18-12-6-7-13-19(18)23(25)28/h2,4-7,10-13H,3,8-9,14-16H2,1H3. The number of rotatable bonds is 4. The molecule has 3 aromatic rings. The van der Waals surface area contributed by atoms with E-state index in [9.17, 15) is 14.4 Å². The molecule has 6 nitrogen and oxygen atoms in total. The lowest BCUT2D eigenvalue weighted by Crippen LogP contribution is -2.38. The number of amides is 1. The van der Waals surface area contributed by atoms with Crippen molar-refractivity contribution in [2.75, 3.05) is 19.7 Å². The van der Waals surface area contributed by atoms with Crippen LogP contribution in [-0.4, -0.2) is 41.0 Å². The van der Waals surface area contributed by atoms with Gasteiger partial charge in [-0.25, -0.2) is 4.79 Å². The maximum absolute atomic E-state index is 13.1. The van der Waals surface area contributed by atoms with Crippen LogP contribution >= 0.6 is 0 Å². The predicted molar refractivity (Wildman–Crippen MR) is 115 cm³/mol. The maximum Gasteiger partial charge on any atom is 0.356 e. The summed E-state index contributed by atoms with van der Waals surface area (Å²) in [6, 6.07) is 16.6. The normalized spacial score (nSPS) is 14.0. The number of hydrogen-bond donors (Lipinski definition) is 0. The van der Waals surface area contributed by atoms with Crippen LogP contribution in [0.3, 0.4) is 0 Å². The Hall–Kier alpha value is -3.41. The summed E-state index contributed by atoms with van der Waals surface area (Å²) < 4.78 is 6.72. The largest absolute Gasteiger partial charge is 0.451 e. The molecule has 0 bridgehead atoms. The molecule has 0 spiro atoms. The molecule has 1 aliphatic rings. The summed E-state index contributed by atoms with van der Waals surface area (Å²) in [6.45, 7) is 1.06. The van der Waals surface area contributed by atoms with Crippen LogP contribution in [0.25, 0.3) is 21.9 Å². The Balaban J connectivity index is 1.74. The van der Waals surface area contributed by atoms with E-state index in [1.807, 2.05) is 42.5 Å². The minimum atomic E-state index is -0.676. The molecule has 1 saturated heterocycles. The number of pyridine rings is 1. The second-order valence-corrected chi connectivity index (χ2v) is 7.52. The molecule has 2 heterocycles. The summed E-state index contributed by atoms with van der Waals surface area (Å²) in [6.07, 6.45) is 3.05. The van der Waals surface area contributed by atoms with Gasteiger partial charge in [-0.2, -0.15) is 0 Å². The van der Waals surface area contributed by atoms with Crippen LogP contribution in [0.1, 0.15) is 29.8 Å². The summed E-state index contributed by atoms with van der Waals surface area (Å²) in [7, 11) is 1.56. The SMILES string of the molecule is Cn1c(C(=O)OCC(=O)N2CCCCC2)c(-c2ccccc2)c2ccccc2c1=O. The number of hydrogen-bond acceptors (Lipinski definition) is 4. The van der Waals surface area contributed by atoms with Crippen molar-refractivity contribution in [1.82, 2.24) is 9.47 Å². The van der Waals surface area contributed by atoms with Gasteiger partial charge in [-0.1, -0.05) is 48.5 Å². The molecule has 1 aliphatic heterocycles. The zero-order valence-electron chi connectivity index (χ0n) is 17.0. The van der Waals surface area contributed by atoms with Crippen molar-refractivity contribution in [3.8, 4) is 11.1 Å². The molecule has 1 fully saturated rings. The first kappa shape index (κ1) is 19.9. The number of likely N-dealkylation sites (tertiary alicyclic amines) is 1. The van der Waals surface area contributed by atoms with Crippen molar-refractivity contribution in [2.24, 2.45) is 7.05 Å². The Morgan fingerprint density at radius 1 is 0.900 bits per heavy atom. The molecule has 0 atom stereocenters. The lowest BCUT2D eigenvalue weighted by molar-refractivity contribution is -0.135. The number of carbonyl (C=O) groups excluding carboxylic acids is 2. The van der Waals surface area contributed by atoms with Crippen LogP contribution in [0, 0.1) is 0 Å². The van der Waals surface area contributed by atoms with Crippen molar-refractivity contribution in [3.63, 3.8) is 0 Å². The van der Waals surface area contributed by atoms with Crippen LogP contribution < -0.4 is 5.56 Å². The topological polar surface area (TPSA) is 68.6 Å². The average Bonchev–Trinajstić information content (AvgIpc) is 2.80. The minimum absolute atomic E-state index is 0.149. The minimum Gasteiger partial charge on any atom is -0.451 e. The summed E-state index contributed by atoms with van der Waals surface area (Å²) >= 11 is 0. The van der Waals surface area contributed by atoms with E-state index in [1.54, 1.807) is 24.1 Å². The Labute approximate surface area is 174 Å². The second-order valence-electron chi connectivity index (χ2n) is 7.52. The van der Waals surface area contributed by atoms with Crippen molar-refractivity contribution in [1.29, 1.82) is 0 Å². The Morgan fingerprint density at radius 2 is 1.53 bits per heavy atom. The Bertz CT molecular complexity index is 1150. The van der Waals surface area contributed by atoms with Crippen LogP contribution in [0.5, 0.6) is 0 Å². The van der Waals surface area contributed by atoms with E-state index in [1.165, 1.54) is 4.57 Å². The first-order valence-corrected chi connectivity index (χ1v) is 10.2. The van der Waals surface area contributed by atoms with Crippen LogP contribution in [0.2, 0.25) is 0 Å². The molecule has 1 amide bonds. The number of aromatic nitrogens is 1. The molecule has 0 saturated carbocycles. The quantitative estimate of drug-likeness (QED) is 0.625. The van der Waals surface area contributed by atoms with E-state index in [0.29, 0.717) is 29.4 Å². The highest BCUT2D eigenvalue weighted by Gasteiger charge is 2.24. The van der Waals surface area contributed by atoms with Crippen LogP contribution in [0.4, 0.5) is 0 Å². The van der Waals surface area contributed by atoms with Gasteiger partial charge in [-0.3, -0.25) is 9.59 Å². The molecule has 0 N–H and O–H groups in total. The smallest absolute Gasteiger partial charge is 0.356 e. The number of carbonyl (C=O) groups is 2. The lowest BCUT2D eigenvalue weighted by atomic mass is 9.97. The Kier molecular flexibility index (Phi) is 5.65. The van der Waals surface area contributed by atoms with Crippen molar-refractivity contribution in [3.05, 3.63) is 70.6 Å². The molecule has 0 unspecified atom stereocenters. The van der Waals surface area contributed by atoms with E-state index in [4.69, 9.17) is 4.74 Å². The highest BCUT2D eigenvalue weighted by molar-refractivity contribution is 6.06. The van der Waals surface area contributed by atoms with Gasteiger partial charge in [0.1, 0.15) is 5.69 Å². The molecular formula is C24H24N2O4. The molecule has 6 heteroatoms. The average molecular weight is 404 g/mol. The van der Waals surface area contributed by atoms with E-state index >= 15 is 0 Å². The van der Waals surface area contributed by atoms with Crippen molar-refractivity contribution >= 4 is 22.6 Å². The molecule has 4 rings (SSSR count). The Morgan fingerprint density at radius 3 is 2.23 bits per heavy atom. The third kappa shape index (κ3) is 3.73. The van der Waals surface area contributed by atoms with Gasteiger partial charge in [-0.05, 0) is 36.3 Å². The van der Waals surface area contributed by atoms with Gasteiger partial charge in [0.2, 0.25) is 0 Å². The summed E-state index contributed by atoms with van der Waals surface area (Å²) in [5, 5.41) is 1.21. The van der Waals surface area contributed by atoms with Crippen LogP contribution in [-0.2, 0) is 16.6 Å². The number of nitrogens with zero attached hydrogens (tertiary/aromatic N) is 2. The zero-order chi connectivity index (χ0) is 21.1. The van der Waals surface area contributed by atoms with E-state index < -0.39 is 5.97 Å². The monoisotopic (exact) mass is 404 g/mol. The first-order chi connectivity index (χ1) is 14.6.